The lowest BCUT2D eigenvalue weighted by Gasteiger charge is -2.22. The van der Waals surface area contributed by atoms with E-state index in [0.717, 1.165) is 13.0 Å². The van der Waals surface area contributed by atoms with Gasteiger partial charge in [-0.05, 0) is 39.3 Å². The predicted molar refractivity (Wildman–Crippen MR) is 85.6 cm³/mol. The standard InChI is InChI=1S/C16H23N3O4/c1-16(2,3)23-15(21)17-11-8-9-19(10-11)13-7-5-6-12(18-13)14(20)22-4/h5-7,11H,8-10H2,1-4H3,(H,17,21). The summed E-state index contributed by atoms with van der Waals surface area (Å²) in [5, 5.41) is 2.86. The molecule has 1 N–H and O–H groups in total. The molecule has 0 spiro atoms. The topological polar surface area (TPSA) is 80.8 Å². The minimum Gasteiger partial charge on any atom is -0.464 e. The lowest BCUT2D eigenvalue weighted by molar-refractivity contribution is 0.0508. The fourth-order valence-corrected chi connectivity index (χ4v) is 2.38. The molecular weight excluding hydrogens is 298 g/mol. The molecule has 0 bridgehead atoms. The van der Waals surface area contributed by atoms with E-state index in [1.807, 2.05) is 31.7 Å². The molecule has 1 saturated heterocycles. The average Bonchev–Trinajstić information content (AvgIpc) is 2.93. The number of amides is 1. The molecule has 0 radical (unpaired) electrons. The number of nitrogens with zero attached hydrogens (tertiary/aromatic N) is 2. The second-order valence-corrected chi connectivity index (χ2v) is 6.45. The first-order chi connectivity index (χ1) is 10.8. The number of hydrogen-bond acceptors (Lipinski definition) is 6. The summed E-state index contributed by atoms with van der Waals surface area (Å²) in [7, 11) is 1.33. The molecule has 0 saturated carbocycles. The van der Waals surface area contributed by atoms with Gasteiger partial charge in [0, 0.05) is 13.1 Å². The van der Waals surface area contributed by atoms with Gasteiger partial charge in [0.2, 0.25) is 0 Å². The van der Waals surface area contributed by atoms with Gasteiger partial charge >= 0.3 is 12.1 Å². The molecule has 1 aromatic rings. The third kappa shape index (κ3) is 4.84. The van der Waals surface area contributed by atoms with E-state index in [9.17, 15) is 9.59 Å². The third-order valence-electron chi connectivity index (χ3n) is 3.36. The van der Waals surface area contributed by atoms with Crippen LogP contribution >= 0.6 is 0 Å². The summed E-state index contributed by atoms with van der Waals surface area (Å²) in [6, 6.07) is 5.21. The molecular formula is C16H23N3O4. The lowest BCUT2D eigenvalue weighted by Crippen LogP contribution is -2.40. The number of pyridine rings is 1. The molecule has 1 unspecified atom stereocenters. The van der Waals surface area contributed by atoms with Gasteiger partial charge in [0.25, 0.3) is 0 Å². The maximum atomic E-state index is 11.8. The Hall–Kier alpha value is -2.31. The van der Waals surface area contributed by atoms with Crippen LogP contribution in [-0.4, -0.2) is 48.9 Å². The molecule has 1 fully saturated rings. The van der Waals surface area contributed by atoms with Crippen molar-refractivity contribution in [2.45, 2.75) is 38.8 Å². The van der Waals surface area contributed by atoms with E-state index in [4.69, 9.17) is 4.74 Å². The first kappa shape index (κ1) is 17.1. The summed E-state index contributed by atoms with van der Waals surface area (Å²) in [6.07, 6.45) is 0.379. The van der Waals surface area contributed by atoms with Crippen LogP contribution in [0.4, 0.5) is 10.6 Å². The second-order valence-electron chi connectivity index (χ2n) is 6.45. The molecule has 1 aliphatic heterocycles. The van der Waals surface area contributed by atoms with Crippen LogP contribution in [0.15, 0.2) is 18.2 Å². The van der Waals surface area contributed by atoms with Crippen molar-refractivity contribution in [1.29, 1.82) is 0 Å². The van der Waals surface area contributed by atoms with E-state index in [1.54, 1.807) is 12.1 Å². The molecule has 1 atom stereocenters. The number of carbonyl (C=O) groups is 2. The molecule has 126 valence electrons. The largest absolute Gasteiger partial charge is 0.464 e. The monoisotopic (exact) mass is 321 g/mol. The summed E-state index contributed by atoms with van der Waals surface area (Å²) >= 11 is 0. The fourth-order valence-electron chi connectivity index (χ4n) is 2.38. The smallest absolute Gasteiger partial charge is 0.407 e. The highest BCUT2D eigenvalue weighted by Crippen LogP contribution is 2.19. The van der Waals surface area contributed by atoms with E-state index in [1.165, 1.54) is 7.11 Å². The summed E-state index contributed by atoms with van der Waals surface area (Å²) in [4.78, 5) is 29.7. The van der Waals surface area contributed by atoms with Crippen LogP contribution in [0.2, 0.25) is 0 Å². The molecule has 1 aliphatic rings. The molecule has 7 nitrogen and oxygen atoms in total. The van der Waals surface area contributed by atoms with Crippen molar-refractivity contribution in [2.75, 3.05) is 25.1 Å². The van der Waals surface area contributed by atoms with Crippen LogP contribution in [0, 0.1) is 0 Å². The second kappa shape index (κ2) is 6.85. The van der Waals surface area contributed by atoms with Gasteiger partial charge in [-0.25, -0.2) is 14.6 Å². The van der Waals surface area contributed by atoms with E-state index < -0.39 is 17.7 Å². The number of esters is 1. The number of carbonyl (C=O) groups excluding carboxylic acids is 2. The Kier molecular flexibility index (Phi) is 5.08. The molecule has 0 aliphatic carbocycles. The van der Waals surface area contributed by atoms with Gasteiger partial charge in [0.15, 0.2) is 5.69 Å². The first-order valence-corrected chi connectivity index (χ1v) is 7.58. The van der Waals surface area contributed by atoms with Crippen molar-refractivity contribution in [3.05, 3.63) is 23.9 Å². The molecule has 1 aromatic heterocycles. The summed E-state index contributed by atoms with van der Waals surface area (Å²) in [5.41, 5.74) is -0.243. The molecule has 2 heterocycles. The number of rotatable bonds is 3. The van der Waals surface area contributed by atoms with Gasteiger partial charge < -0.3 is 19.7 Å². The Balaban J connectivity index is 1.95. The van der Waals surface area contributed by atoms with Gasteiger partial charge in [0.05, 0.1) is 13.2 Å². The van der Waals surface area contributed by atoms with E-state index >= 15 is 0 Å². The van der Waals surface area contributed by atoms with Gasteiger partial charge in [-0.1, -0.05) is 6.07 Å². The van der Waals surface area contributed by atoms with Crippen LogP contribution in [-0.2, 0) is 9.47 Å². The highest BCUT2D eigenvalue weighted by atomic mass is 16.6. The Morgan fingerprint density at radius 2 is 2.09 bits per heavy atom. The van der Waals surface area contributed by atoms with Crippen LogP contribution in [0.5, 0.6) is 0 Å². The highest BCUT2D eigenvalue weighted by molar-refractivity contribution is 5.87. The average molecular weight is 321 g/mol. The van der Waals surface area contributed by atoms with Crippen molar-refractivity contribution in [1.82, 2.24) is 10.3 Å². The van der Waals surface area contributed by atoms with E-state index in [-0.39, 0.29) is 11.7 Å². The van der Waals surface area contributed by atoms with Gasteiger partial charge in [-0.2, -0.15) is 0 Å². The van der Waals surface area contributed by atoms with Crippen molar-refractivity contribution in [3.63, 3.8) is 0 Å². The normalized spacial score (nSPS) is 17.7. The van der Waals surface area contributed by atoms with Crippen molar-refractivity contribution >= 4 is 17.9 Å². The third-order valence-corrected chi connectivity index (χ3v) is 3.36. The van der Waals surface area contributed by atoms with Crippen molar-refractivity contribution in [3.8, 4) is 0 Å². The van der Waals surface area contributed by atoms with Crippen LogP contribution < -0.4 is 10.2 Å². The lowest BCUT2D eigenvalue weighted by atomic mass is 10.2. The summed E-state index contributed by atoms with van der Waals surface area (Å²) in [5.74, 6) is 0.232. The Bertz CT molecular complexity index is 583. The zero-order valence-electron chi connectivity index (χ0n) is 14.0. The number of alkyl carbamates (subject to hydrolysis) is 1. The van der Waals surface area contributed by atoms with Gasteiger partial charge in [-0.15, -0.1) is 0 Å². The number of nitrogens with one attached hydrogen (secondary N) is 1. The predicted octanol–water partition coefficient (Wildman–Crippen LogP) is 1.97. The Labute approximate surface area is 136 Å². The Morgan fingerprint density at radius 3 is 2.74 bits per heavy atom. The minimum absolute atomic E-state index is 0.00608. The van der Waals surface area contributed by atoms with E-state index in [0.29, 0.717) is 12.4 Å². The quantitative estimate of drug-likeness (QED) is 0.857. The molecule has 23 heavy (non-hydrogen) atoms. The SMILES string of the molecule is COC(=O)c1cccc(N2CCC(NC(=O)OC(C)(C)C)C2)n1. The molecule has 1 amide bonds. The minimum atomic E-state index is -0.515. The maximum Gasteiger partial charge on any atom is 0.407 e. The fraction of sp³-hybridized carbons (Fsp3) is 0.562. The number of hydrogen-bond donors (Lipinski definition) is 1. The van der Waals surface area contributed by atoms with Crippen molar-refractivity contribution < 1.29 is 19.1 Å². The number of anilines is 1. The number of methoxy groups -OCH3 is 1. The number of aromatic nitrogens is 1. The van der Waals surface area contributed by atoms with E-state index in [2.05, 4.69) is 15.0 Å². The van der Waals surface area contributed by atoms with Gasteiger partial charge in [0.1, 0.15) is 11.4 Å². The molecule has 7 heteroatoms. The van der Waals surface area contributed by atoms with Crippen LogP contribution in [0.3, 0.4) is 0 Å². The zero-order valence-corrected chi connectivity index (χ0v) is 14.0. The van der Waals surface area contributed by atoms with Crippen LogP contribution in [0.25, 0.3) is 0 Å². The molecule has 0 aromatic carbocycles. The first-order valence-electron chi connectivity index (χ1n) is 7.58. The number of ether oxygens (including phenoxy) is 2. The molecule has 2 rings (SSSR count). The van der Waals surface area contributed by atoms with Gasteiger partial charge in [-0.3, -0.25) is 0 Å². The highest BCUT2D eigenvalue weighted by Gasteiger charge is 2.27. The zero-order chi connectivity index (χ0) is 17.0. The maximum absolute atomic E-state index is 11.8. The Morgan fingerprint density at radius 1 is 1.35 bits per heavy atom. The van der Waals surface area contributed by atoms with Crippen molar-refractivity contribution in [2.24, 2.45) is 0 Å². The summed E-state index contributed by atoms with van der Waals surface area (Å²) in [6.45, 7) is 6.86. The van der Waals surface area contributed by atoms with Crippen LogP contribution in [0.1, 0.15) is 37.7 Å². The summed E-state index contributed by atoms with van der Waals surface area (Å²) < 4.78 is 9.94.